The molecular formula is C23H40IN5. The summed E-state index contributed by atoms with van der Waals surface area (Å²) in [5.74, 6) is 1.06. The molecule has 2 saturated heterocycles. The van der Waals surface area contributed by atoms with Crippen LogP contribution in [0.5, 0.6) is 0 Å². The molecule has 2 heterocycles. The number of nitrogens with one attached hydrogen (secondary N) is 1. The highest BCUT2D eigenvalue weighted by atomic mass is 127. The Hall–Kier alpha value is -0.860. The number of rotatable bonds is 5. The van der Waals surface area contributed by atoms with Gasteiger partial charge in [-0.05, 0) is 56.4 Å². The van der Waals surface area contributed by atoms with Crippen LogP contribution in [0.2, 0.25) is 0 Å². The maximum atomic E-state index is 4.91. The van der Waals surface area contributed by atoms with E-state index in [1.165, 1.54) is 50.1 Å². The fourth-order valence-electron chi connectivity index (χ4n) is 4.15. The molecule has 0 aliphatic carbocycles. The van der Waals surface area contributed by atoms with Crippen molar-refractivity contribution in [1.29, 1.82) is 0 Å². The van der Waals surface area contributed by atoms with Crippen LogP contribution >= 0.6 is 24.0 Å². The third-order valence-electron chi connectivity index (χ3n) is 5.96. The Bertz CT molecular complexity index is 643. The molecule has 2 aliphatic rings. The van der Waals surface area contributed by atoms with Gasteiger partial charge in [-0.25, -0.2) is 4.99 Å². The quantitative estimate of drug-likeness (QED) is 0.371. The van der Waals surface area contributed by atoms with Crippen LogP contribution in [0, 0.1) is 5.41 Å². The highest BCUT2D eigenvalue weighted by Crippen LogP contribution is 2.28. The number of guanidine groups is 1. The number of likely N-dealkylation sites (tertiary alicyclic amines) is 1. The van der Waals surface area contributed by atoms with Gasteiger partial charge in [-0.3, -0.25) is 4.90 Å². The number of benzene rings is 1. The van der Waals surface area contributed by atoms with Crippen molar-refractivity contribution in [2.24, 2.45) is 10.4 Å². The Labute approximate surface area is 194 Å². The predicted molar refractivity (Wildman–Crippen MR) is 134 cm³/mol. The first kappa shape index (κ1) is 24.4. The molecule has 1 N–H and O–H groups in total. The second kappa shape index (κ2) is 11.5. The molecule has 0 aromatic heterocycles. The van der Waals surface area contributed by atoms with Gasteiger partial charge in [-0.15, -0.1) is 24.0 Å². The average Bonchev–Trinajstić information content (AvgIpc) is 2.90. The monoisotopic (exact) mass is 513 g/mol. The van der Waals surface area contributed by atoms with Crippen molar-refractivity contribution in [3.05, 3.63) is 35.4 Å². The highest BCUT2D eigenvalue weighted by Gasteiger charge is 2.30. The first-order chi connectivity index (χ1) is 13.4. The van der Waals surface area contributed by atoms with Crippen LogP contribution in [-0.4, -0.2) is 73.5 Å². The Kier molecular flexibility index (Phi) is 9.69. The lowest BCUT2D eigenvalue weighted by atomic mass is 9.93. The van der Waals surface area contributed by atoms with Crippen LogP contribution in [0.25, 0.3) is 0 Å². The van der Waals surface area contributed by atoms with Gasteiger partial charge in [0.15, 0.2) is 5.96 Å². The molecule has 1 aromatic rings. The fourth-order valence-corrected chi connectivity index (χ4v) is 4.15. The van der Waals surface area contributed by atoms with Crippen LogP contribution in [-0.2, 0) is 13.1 Å². The first-order valence-electron chi connectivity index (χ1n) is 11.0. The molecule has 0 amide bonds. The van der Waals surface area contributed by atoms with E-state index in [1.54, 1.807) is 0 Å². The van der Waals surface area contributed by atoms with E-state index in [-0.39, 0.29) is 24.0 Å². The van der Waals surface area contributed by atoms with Gasteiger partial charge >= 0.3 is 0 Å². The summed E-state index contributed by atoms with van der Waals surface area (Å²) in [4.78, 5) is 12.3. The highest BCUT2D eigenvalue weighted by molar-refractivity contribution is 14.0. The van der Waals surface area contributed by atoms with Gasteiger partial charge in [-0.1, -0.05) is 38.1 Å². The van der Waals surface area contributed by atoms with Crippen LogP contribution in [0.4, 0.5) is 0 Å². The average molecular weight is 514 g/mol. The molecular weight excluding hydrogens is 473 g/mol. The molecule has 0 radical (unpaired) electrons. The van der Waals surface area contributed by atoms with Crippen LogP contribution in [0.1, 0.15) is 44.7 Å². The smallest absolute Gasteiger partial charge is 0.194 e. The lowest BCUT2D eigenvalue weighted by Gasteiger charge is -2.23. The van der Waals surface area contributed by atoms with Gasteiger partial charge in [0, 0.05) is 39.3 Å². The molecule has 0 saturated carbocycles. The lowest BCUT2D eigenvalue weighted by molar-refractivity contribution is 0.269. The van der Waals surface area contributed by atoms with Crippen molar-refractivity contribution in [1.82, 2.24) is 20.0 Å². The molecule has 0 bridgehead atoms. The summed E-state index contributed by atoms with van der Waals surface area (Å²) < 4.78 is 0. The molecule has 0 spiro atoms. The Morgan fingerprint density at radius 2 is 1.76 bits per heavy atom. The minimum atomic E-state index is 0. The molecule has 164 valence electrons. The van der Waals surface area contributed by atoms with Crippen LogP contribution in [0.15, 0.2) is 29.3 Å². The summed E-state index contributed by atoms with van der Waals surface area (Å²) in [6.07, 6.45) is 2.50. The van der Waals surface area contributed by atoms with Gasteiger partial charge in [0.2, 0.25) is 0 Å². The van der Waals surface area contributed by atoms with Crippen molar-refractivity contribution in [2.75, 3.05) is 52.9 Å². The fraction of sp³-hybridized carbons (Fsp3) is 0.696. The van der Waals surface area contributed by atoms with E-state index in [1.807, 2.05) is 0 Å². The molecule has 29 heavy (non-hydrogen) atoms. The number of halogens is 1. The summed E-state index contributed by atoms with van der Waals surface area (Å²) in [7, 11) is 2.23. The first-order valence-corrected chi connectivity index (χ1v) is 11.0. The zero-order chi connectivity index (χ0) is 20.0. The maximum absolute atomic E-state index is 4.91. The number of nitrogens with zero attached hydrogens (tertiary/aromatic N) is 4. The van der Waals surface area contributed by atoms with Crippen molar-refractivity contribution in [3.63, 3.8) is 0 Å². The zero-order valence-corrected chi connectivity index (χ0v) is 21.1. The van der Waals surface area contributed by atoms with Crippen molar-refractivity contribution < 1.29 is 0 Å². The number of aliphatic imine (C=N–C) groups is 1. The Morgan fingerprint density at radius 1 is 1.03 bits per heavy atom. The topological polar surface area (TPSA) is 34.1 Å². The third-order valence-corrected chi connectivity index (χ3v) is 5.96. The van der Waals surface area contributed by atoms with E-state index in [0.29, 0.717) is 5.41 Å². The van der Waals surface area contributed by atoms with Gasteiger partial charge in [-0.2, -0.15) is 0 Å². The largest absolute Gasteiger partial charge is 0.357 e. The summed E-state index contributed by atoms with van der Waals surface area (Å²) >= 11 is 0. The second-order valence-corrected chi connectivity index (χ2v) is 9.26. The van der Waals surface area contributed by atoms with E-state index < -0.39 is 0 Å². The number of likely N-dealkylation sites (N-methyl/N-ethyl adjacent to an activating group) is 1. The molecule has 0 unspecified atom stereocenters. The second-order valence-electron chi connectivity index (χ2n) is 9.26. The van der Waals surface area contributed by atoms with Gasteiger partial charge < -0.3 is 15.1 Å². The molecule has 3 rings (SSSR count). The standard InChI is InChI=1S/C23H39N5.HI/c1-5-24-22(28-14-11-23(2,3)19-28)25-17-20-7-9-21(10-8-20)18-27-13-6-12-26(4)15-16-27;/h7-10H,5-6,11-19H2,1-4H3,(H,24,25);1H. The van der Waals surface area contributed by atoms with Crippen LogP contribution < -0.4 is 5.32 Å². The van der Waals surface area contributed by atoms with E-state index in [2.05, 4.69) is 72.1 Å². The van der Waals surface area contributed by atoms with Crippen molar-refractivity contribution >= 4 is 29.9 Å². The molecule has 1 aromatic carbocycles. The SMILES string of the molecule is CCNC(=NCc1ccc(CN2CCCN(C)CC2)cc1)N1CCC(C)(C)C1.I. The lowest BCUT2D eigenvalue weighted by Crippen LogP contribution is -2.40. The molecule has 0 atom stereocenters. The Morgan fingerprint density at radius 3 is 2.41 bits per heavy atom. The van der Waals surface area contributed by atoms with Crippen molar-refractivity contribution in [3.8, 4) is 0 Å². The van der Waals surface area contributed by atoms with Crippen LogP contribution in [0.3, 0.4) is 0 Å². The summed E-state index contributed by atoms with van der Waals surface area (Å²) in [5.41, 5.74) is 3.08. The maximum Gasteiger partial charge on any atom is 0.194 e. The third kappa shape index (κ3) is 7.72. The summed E-state index contributed by atoms with van der Waals surface area (Å²) in [6, 6.07) is 9.07. The Balaban J connectivity index is 0.00000300. The molecule has 2 aliphatic heterocycles. The normalized spacial score (nSPS) is 21.0. The van der Waals surface area contributed by atoms with Gasteiger partial charge in [0.25, 0.3) is 0 Å². The minimum absolute atomic E-state index is 0. The summed E-state index contributed by atoms with van der Waals surface area (Å²) in [6.45, 7) is 16.5. The zero-order valence-electron chi connectivity index (χ0n) is 18.8. The summed E-state index contributed by atoms with van der Waals surface area (Å²) in [5, 5.41) is 3.47. The van der Waals surface area contributed by atoms with E-state index in [9.17, 15) is 0 Å². The molecule has 2 fully saturated rings. The van der Waals surface area contributed by atoms with E-state index in [0.717, 1.165) is 38.7 Å². The van der Waals surface area contributed by atoms with Gasteiger partial charge in [0.1, 0.15) is 0 Å². The number of hydrogen-bond donors (Lipinski definition) is 1. The molecule has 6 heteroatoms. The minimum Gasteiger partial charge on any atom is -0.357 e. The number of hydrogen-bond acceptors (Lipinski definition) is 3. The molecule has 5 nitrogen and oxygen atoms in total. The van der Waals surface area contributed by atoms with E-state index in [4.69, 9.17) is 4.99 Å². The predicted octanol–water partition coefficient (Wildman–Crippen LogP) is 3.64. The van der Waals surface area contributed by atoms with Gasteiger partial charge in [0.05, 0.1) is 6.54 Å². The van der Waals surface area contributed by atoms with Crippen molar-refractivity contribution in [2.45, 2.75) is 46.7 Å². The van der Waals surface area contributed by atoms with E-state index >= 15 is 0 Å².